The van der Waals surface area contributed by atoms with E-state index in [2.05, 4.69) is 74.5 Å². The maximum Gasteiger partial charge on any atom is 0.131 e. The van der Waals surface area contributed by atoms with E-state index in [-0.39, 0.29) is 5.82 Å². The zero-order valence-corrected chi connectivity index (χ0v) is 18.4. The lowest BCUT2D eigenvalue weighted by molar-refractivity contribution is 0.632. The molecule has 0 aliphatic heterocycles. The van der Waals surface area contributed by atoms with E-state index < -0.39 is 0 Å². The second-order valence-corrected chi connectivity index (χ2v) is 8.17. The van der Waals surface area contributed by atoms with Crippen molar-refractivity contribution in [1.82, 2.24) is 0 Å². The molecule has 0 radical (unpaired) electrons. The molecule has 31 heavy (non-hydrogen) atoms. The largest absolute Gasteiger partial charge is 0.206 e. The highest BCUT2D eigenvalue weighted by Crippen LogP contribution is 2.30. The molecule has 0 aliphatic carbocycles. The Kier molecular flexibility index (Phi) is 6.62. The third-order valence-electron chi connectivity index (χ3n) is 5.82. The summed E-state index contributed by atoms with van der Waals surface area (Å²) < 4.78 is 15.0. The van der Waals surface area contributed by atoms with Crippen molar-refractivity contribution in [2.75, 3.05) is 0 Å². The molecule has 0 saturated carbocycles. The Morgan fingerprint density at radius 3 is 1.32 bits per heavy atom. The first-order valence-corrected chi connectivity index (χ1v) is 11.3. The maximum absolute atomic E-state index is 15.0. The number of halogens is 1. The minimum Gasteiger partial charge on any atom is -0.206 e. The molecule has 0 aromatic heterocycles. The standard InChI is InChI=1S/C30H29F/c1-3-5-22-7-11-24(12-8-22)25-15-17-27(18-16-25)29-20-19-28(21-30(29)31)26-13-9-23(6-4-2)10-14-26/h7-21H,3-6H2,1-2H3. The average molecular weight is 409 g/mol. The van der Waals surface area contributed by atoms with Crippen molar-refractivity contribution in [3.05, 3.63) is 108 Å². The van der Waals surface area contributed by atoms with Gasteiger partial charge in [-0.05, 0) is 57.9 Å². The van der Waals surface area contributed by atoms with E-state index in [1.807, 2.05) is 24.3 Å². The molecule has 0 nitrogen and oxygen atoms in total. The Balaban J connectivity index is 1.54. The Bertz CT molecular complexity index is 1120. The number of benzene rings is 4. The molecule has 0 spiro atoms. The van der Waals surface area contributed by atoms with Crippen LogP contribution in [0.25, 0.3) is 33.4 Å². The van der Waals surface area contributed by atoms with Gasteiger partial charge in [0, 0.05) is 5.56 Å². The molecular formula is C30H29F. The molecule has 0 aliphatic rings. The van der Waals surface area contributed by atoms with E-state index >= 15 is 0 Å². The predicted octanol–water partition coefficient (Wildman–Crippen LogP) is 8.73. The highest BCUT2D eigenvalue weighted by molar-refractivity contribution is 5.74. The first-order chi connectivity index (χ1) is 15.2. The molecule has 0 unspecified atom stereocenters. The third kappa shape index (κ3) is 4.94. The van der Waals surface area contributed by atoms with Gasteiger partial charge in [-0.15, -0.1) is 0 Å². The molecule has 4 aromatic carbocycles. The van der Waals surface area contributed by atoms with Crippen LogP contribution in [0.2, 0.25) is 0 Å². The van der Waals surface area contributed by atoms with Gasteiger partial charge in [-0.25, -0.2) is 4.39 Å². The van der Waals surface area contributed by atoms with Crippen molar-refractivity contribution in [3.8, 4) is 33.4 Å². The summed E-state index contributed by atoms with van der Waals surface area (Å²) in [5, 5.41) is 0. The van der Waals surface area contributed by atoms with Gasteiger partial charge in [-0.1, -0.05) is 112 Å². The molecule has 0 amide bonds. The third-order valence-corrected chi connectivity index (χ3v) is 5.82. The molecule has 4 rings (SSSR count). The first-order valence-electron chi connectivity index (χ1n) is 11.3. The van der Waals surface area contributed by atoms with Gasteiger partial charge in [0.05, 0.1) is 0 Å². The van der Waals surface area contributed by atoms with E-state index in [9.17, 15) is 4.39 Å². The summed E-state index contributed by atoms with van der Waals surface area (Å²) in [6.07, 6.45) is 4.47. The van der Waals surface area contributed by atoms with E-state index in [1.54, 1.807) is 6.07 Å². The Morgan fingerprint density at radius 1 is 0.484 bits per heavy atom. The smallest absolute Gasteiger partial charge is 0.131 e. The first kappa shape index (κ1) is 21.1. The Labute approximate surface area is 185 Å². The van der Waals surface area contributed by atoms with E-state index in [0.29, 0.717) is 5.56 Å². The van der Waals surface area contributed by atoms with Gasteiger partial charge in [0.2, 0.25) is 0 Å². The van der Waals surface area contributed by atoms with Gasteiger partial charge in [0.25, 0.3) is 0 Å². The summed E-state index contributed by atoms with van der Waals surface area (Å²) >= 11 is 0. The maximum atomic E-state index is 15.0. The minimum atomic E-state index is -0.188. The summed E-state index contributed by atoms with van der Waals surface area (Å²) in [5.41, 5.74) is 8.52. The summed E-state index contributed by atoms with van der Waals surface area (Å²) in [6.45, 7) is 4.37. The second kappa shape index (κ2) is 9.75. The fourth-order valence-corrected chi connectivity index (χ4v) is 4.08. The molecule has 0 bridgehead atoms. The number of rotatable bonds is 7. The van der Waals surface area contributed by atoms with Gasteiger partial charge in [0.1, 0.15) is 5.82 Å². The van der Waals surface area contributed by atoms with Gasteiger partial charge >= 0.3 is 0 Å². The van der Waals surface area contributed by atoms with Crippen LogP contribution in [0.3, 0.4) is 0 Å². The molecule has 0 heterocycles. The molecule has 4 aromatic rings. The Hall–Kier alpha value is -3.19. The zero-order valence-electron chi connectivity index (χ0n) is 18.4. The SMILES string of the molecule is CCCc1ccc(-c2ccc(-c3ccc(-c4ccc(CCC)cc4)cc3F)cc2)cc1. The monoisotopic (exact) mass is 408 g/mol. The molecule has 0 saturated heterocycles. The van der Waals surface area contributed by atoms with Crippen molar-refractivity contribution in [1.29, 1.82) is 0 Å². The molecular weight excluding hydrogens is 379 g/mol. The fraction of sp³-hybridized carbons (Fsp3) is 0.200. The van der Waals surface area contributed by atoms with Gasteiger partial charge in [-0.2, -0.15) is 0 Å². The molecule has 0 fully saturated rings. The average Bonchev–Trinajstić information content (AvgIpc) is 2.81. The van der Waals surface area contributed by atoms with Crippen molar-refractivity contribution in [2.24, 2.45) is 0 Å². The van der Waals surface area contributed by atoms with Crippen molar-refractivity contribution in [2.45, 2.75) is 39.5 Å². The van der Waals surface area contributed by atoms with Crippen LogP contribution in [-0.2, 0) is 12.8 Å². The summed E-state index contributed by atoms with van der Waals surface area (Å²) in [4.78, 5) is 0. The van der Waals surface area contributed by atoms with Crippen LogP contribution in [0.5, 0.6) is 0 Å². The Morgan fingerprint density at radius 2 is 0.871 bits per heavy atom. The highest BCUT2D eigenvalue weighted by Gasteiger charge is 2.08. The lowest BCUT2D eigenvalue weighted by atomic mass is 9.96. The highest BCUT2D eigenvalue weighted by atomic mass is 19.1. The lowest BCUT2D eigenvalue weighted by Gasteiger charge is -2.09. The van der Waals surface area contributed by atoms with Crippen LogP contribution < -0.4 is 0 Å². The van der Waals surface area contributed by atoms with Crippen LogP contribution in [0.4, 0.5) is 4.39 Å². The van der Waals surface area contributed by atoms with Gasteiger partial charge in [0.15, 0.2) is 0 Å². The number of aryl methyl sites for hydroxylation is 2. The van der Waals surface area contributed by atoms with Crippen LogP contribution in [0, 0.1) is 5.82 Å². The van der Waals surface area contributed by atoms with E-state index in [0.717, 1.165) is 47.9 Å². The van der Waals surface area contributed by atoms with Crippen LogP contribution in [-0.4, -0.2) is 0 Å². The topological polar surface area (TPSA) is 0 Å². The summed E-state index contributed by atoms with van der Waals surface area (Å²) in [6, 6.07) is 30.9. The van der Waals surface area contributed by atoms with Crippen LogP contribution in [0.15, 0.2) is 91.0 Å². The molecule has 156 valence electrons. The van der Waals surface area contributed by atoms with Gasteiger partial charge < -0.3 is 0 Å². The van der Waals surface area contributed by atoms with Gasteiger partial charge in [-0.3, -0.25) is 0 Å². The van der Waals surface area contributed by atoms with Crippen LogP contribution in [0.1, 0.15) is 37.8 Å². The summed E-state index contributed by atoms with van der Waals surface area (Å²) in [5.74, 6) is -0.188. The fourth-order valence-electron chi connectivity index (χ4n) is 4.08. The molecule has 0 N–H and O–H groups in total. The van der Waals surface area contributed by atoms with E-state index in [1.165, 1.54) is 16.7 Å². The van der Waals surface area contributed by atoms with Crippen molar-refractivity contribution >= 4 is 0 Å². The van der Waals surface area contributed by atoms with Crippen molar-refractivity contribution in [3.63, 3.8) is 0 Å². The molecule has 1 heteroatoms. The summed E-state index contributed by atoms with van der Waals surface area (Å²) in [7, 11) is 0. The number of hydrogen-bond donors (Lipinski definition) is 0. The minimum absolute atomic E-state index is 0.188. The second-order valence-electron chi connectivity index (χ2n) is 8.17. The van der Waals surface area contributed by atoms with Crippen molar-refractivity contribution < 1.29 is 4.39 Å². The van der Waals surface area contributed by atoms with Crippen LogP contribution >= 0.6 is 0 Å². The predicted molar refractivity (Wildman–Crippen MR) is 131 cm³/mol. The zero-order chi connectivity index (χ0) is 21.6. The normalized spacial score (nSPS) is 10.9. The van der Waals surface area contributed by atoms with E-state index in [4.69, 9.17) is 0 Å². The number of hydrogen-bond acceptors (Lipinski definition) is 0. The lowest BCUT2D eigenvalue weighted by Crippen LogP contribution is -1.88. The molecule has 0 atom stereocenters. The quantitative estimate of drug-likeness (QED) is 0.287.